The van der Waals surface area contributed by atoms with Crippen molar-refractivity contribution in [3.63, 3.8) is 0 Å². The van der Waals surface area contributed by atoms with Gasteiger partial charge in [-0.2, -0.15) is 0 Å². The molecule has 0 spiro atoms. The number of aryl methyl sites for hydroxylation is 1. The lowest BCUT2D eigenvalue weighted by atomic mass is 10.0. The maximum Gasteiger partial charge on any atom is 0.0897 e. The van der Waals surface area contributed by atoms with Gasteiger partial charge < -0.3 is 11.1 Å². The zero-order valence-corrected chi connectivity index (χ0v) is 9.95. The number of aromatic nitrogens is 1. The Balaban J connectivity index is 2.16. The average molecular weight is 213 g/mol. The van der Waals surface area contributed by atoms with Crippen molar-refractivity contribution in [2.45, 2.75) is 39.3 Å². The highest BCUT2D eigenvalue weighted by molar-refractivity contribution is 7.09. The first-order valence-electron chi connectivity index (χ1n) is 4.88. The molecule has 1 aromatic rings. The molecule has 0 unspecified atom stereocenters. The van der Waals surface area contributed by atoms with Crippen molar-refractivity contribution in [2.24, 2.45) is 5.73 Å². The molecule has 1 rings (SSSR count). The van der Waals surface area contributed by atoms with Crippen molar-refractivity contribution in [1.29, 1.82) is 0 Å². The van der Waals surface area contributed by atoms with E-state index in [1.54, 1.807) is 11.3 Å². The minimum atomic E-state index is -0.0784. The van der Waals surface area contributed by atoms with Gasteiger partial charge in [-0.15, -0.1) is 11.3 Å². The molecule has 4 heteroatoms. The molecular weight excluding hydrogens is 194 g/mol. The van der Waals surface area contributed by atoms with Gasteiger partial charge in [0.1, 0.15) is 0 Å². The Morgan fingerprint density at radius 3 is 2.79 bits per heavy atom. The van der Waals surface area contributed by atoms with Crippen LogP contribution in [0.4, 0.5) is 0 Å². The molecule has 80 valence electrons. The molecule has 0 atom stereocenters. The fraction of sp³-hybridized carbons (Fsp3) is 0.700. The van der Waals surface area contributed by atoms with E-state index < -0.39 is 0 Å². The van der Waals surface area contributed by atoms with Crippen molar-refractivity contribution >= 4 is 11.3 Å². The summed E-state index contributed by atoms with van der Waals surface area (Å²) >= 11 is 1.69. The molecule has 0 amide bonds. The third-order valence-electron chi connectivity index (χ3n) is 1.92. The fourth-order valence-electron chi connectivity index (χ4n) is 1.12. The summed E-state index contributed by atoms with van der Waals surface area (Å²) in [7, 11) is 0. The first-order chi connectivity index (χ1) is 6.47. The molecule has 14 heavy (non-hydrogen) atoms. The number of thiazole rings is 1. The molecule has 0 radical (unpaired) electrons. The monoisotopic (exact) mass is 213 g/mol. The molecule has 1 heterocycles. The number of nitrogens with zero attached hydrogens (tertiary/aromatic N) is 1. The Hall–Kier alpha value is -0.450. The van der Waals surface area contributed by atoms with E-state index in [0.29, 0.717) is 0 Å². The highest BCUT2D eigenvalue weighted by Crippen LogP contribution is 2.07. The van der Waals surface area contributed by atoms with Gasteiger partial charge in [0.15, 0.2) is 0 Å². The Bertz CT molecular complexity index is 275. The lowest BCUT2D eigenvalue weighted by molar-refractivity contribution is 0.454. The van der Waals surface area contributed by atoms with Gasteiger partial charge in [0.25, 0.3) is 0 Å². The van der Waals surface area contributed by atoms with Crippen LogP contribution in [0.1, 0.15) is 31.0 Å². The quantitative estimate of drug-likeness (QED) is 0.732. The van der Waals surface area contributed by atoms with Crippen LogP contribution in [0.3, 0.4) is 0 Å². The van der Waals surface area contributed by atoms with Crippen LogP contribution in [0.2, 0.25) is 0 Å². The molecular formula is C10H19N3S. The van der Waals surface area contributed by atoms with Gasteiger partial charge in [0, 0.05) is 17.5 Å². The first kappa shape index (κ1) is 11.6. The summed E-state index contributed by atoms with van der Waals surface area (Å²) in [4.78, 5) is 4.37. The van der Waals surface area contributed by atoms with Crippen molar-refractivity contribution in [3.05, 3.63) is 16.1 Å². The number of hydrogen-bond donors (Lipinski definition) is 2. The molecule has 0 bridgehead atoms. The van der Waals surface area contributed by atoms with Gasteiger partial charge in [-0.3, -0.25) is 0 Å². The largest absolute Gasteiger partial charge is 0.326 e. The average Bonchev–Trinajstić information content (AvgIpc) is 2.44. The van der Waals surface area contributed by atoms with E-state index >= 15 is 0 Å². The van der Waals surface area contributed by atoms with Crippen molar-refractivity contribution in [1.82, 2.24) is 10.3 Å². The normalized spacial score (nSPS) is 12.0. The lowest BCUT2D eigenvalue weighted by Gasteiger charge is -2.17. The summed E-state index contributed by atoms with van der Waals surface area (Å²) in [5, 5.41) is 6.55. The molecule has 0 aliphatic heterocycles. The molecule has 3 N–H and O–H groups in total. The van der Waals surface area contributed by atoms with Crippen LogP contribution in [0.5, 0.6) is 0 Å². The second kappa shape index (κ2) is 4.87. The molecule has 0 aliphatic carbocycles. The molecule has 3 nitrogen and oxygen atoms in total. The van der Waals surface area contributed by atoms with E-state index in [9.17, 15) is 0 Å². The number of nitrogens with one attached hydrogen (secondary N) is 1. The van der Waals surface area contributed by atoms with Crippen LogP contribution in [-0.2, 0) is 6.54 Å². The third kappa shape index (κ3) is 4.69. The smallest absolute Gasteiger partial charge is 0.0897 e. The van der Waals surface area contributed by atoms with Gasteiger partial charge in [-0.25, -0.2) is 4.98 Å². The molecule has 0 aliphatic rings. The summed E-state index contributed by atoms with van der Waals surface area (Å²) < 4.78 is 0. The maximum absolute atomic E-state index is 5.87. The molecule has 0 aromatic carbocycles. The topological polar surface area (TPSA) is 50.9 Å². The first-order valence-corrected chi connectivity index (χ1v) is 5.76. The zero-order valence-electron chi connectivity index (χ0n) is 9.13. The van der Waals surface area contributed by atoms with Gasteiger partial charge in [-0.1, -0.05) is 0 Å². The predicted octanol–water partition coefficient (Wildman–Crippen LogP) is 1.67. The maximum atomic E-state index is 5.87. The van der Waals surface area contributed by atoms with Crippen molar-refractivity contribution in [3.8, 4) is 0 Å². The van der Waals surface area contributed by atoms with Crippen LogP contribution in [0.15, 0.2) is 5.38 Å². The van der Waals surface area contributed by atoms with Crippen LogP contribution in [0.25, 0.3) is 0 Å². The summed E-state index contributed by atoms with van der Waals surface area (Å²) in [5.74, 6) is 0. The summed E-state index contributed by atoms with van der Waals surface area (Å²) in [6.45, 7) is 7.90. The molecule has 1 aromatic heterocycles. The number of nitrogens with two attached hydrogens (primary N) is 1. The highest BCUT2D eigenvalue weighted by atomic mass is 32.1. The SMILES string of the molecule is Cc1nc(CNCCC(C)(C)N)cs1. The van der Waals surface area contributed by atoms with Crippen LogP contribution < -0.4 is 11.1 Å². The minimum absolute atomic E-state index is 0.0784. The third-order valence-corrected chi connectivity index (χ3v) is 2.74. The second-order valence-electron chi connectivity index (χ2n) is 4.27. The Morgan fingerprint density at radius 2 is 2.29 bits per heavy atom. The highest BCUT2D eigenvalue weighted by Gasteiger charge is 2.09. The van der Waals surface area contributed by atoms with Gasteiger partial charge in [0.2, 0.25) is 0 Å². The van der Waals surface area contributed by atoms with Gasteiger partial charge >= 0.3 is 0 Å². The summed E-state index contributed by atoms with van der Waals surface area (Å²) in [5.41, 5.74) is 6.91. The van der Waals surface area contributed by atoms with E-state index in [-0.39, 0.29) is 5.54 Å². The summed E-state index contributed by atoms with van der Waals surface area (Å²) in [6, 6.07) is 0. The zero-order chi connectivity index (χ0) is 10.6. The predicted molar refractivity (Wildman–Crippen MR) is 61.4 cm³/mol. The van der Waals surface area contributed by atoms with Crippen molar-refractivity contribution < 1.29 is 0 Å². The van der Waals surface area contributed by atoms with Crippen LogP contribution >= 0.6 is 11.3 Å². The molecule has 0 saturated carbocycles. The summed E-state index contributed by atoms with van der Waals surface area (Å²) in [6.07, 6.45) is 0.982. The van der Waals surface area contributed by atoms with Crippen LogP contribution in [-0.4, -0.2) is 17.1 Å². The van der Waals surface area contributed by atoms with E-state index in [4.69, 9.17) is 5.73 Å². The number of rotatable bonds is 5. The lowest BCUT2D eigenvalue weighted by Crippen LogP contribution is -2.35. The standard InChI is InChI=1S/C10H19N3S/c1-8-13-9(7-14-8)6-12-5-4-10(2,3)11/h7,12H,4-6,11H2,1-3H3. The van der Waals surface area contributed by atoms with Crippen LogP contribution in [0, 0.1) is 6.92 Å². The minimum Gasteiger partial charge on any atom is -0.326 e. The van der Waals surface area contributed by atoms with Gasteiger partial charge in [-0.05, 0) is 33.7 Å². The fourth-order valence-corrected chi connectivity index (χ4v) is 1.73. The molecule has 0 fully saturated rings. The Morgan fingerprint density at radius 1 is 1.57 bits per heavy atom. The van der Waals surface area contributed by atoms with E-state index in [1.807, 2.05) is 20.8 Å². The van der Waals surface area contributed by atoms with Crippen molar-refractivity contribution in [2.75, 3.05) is 6.54 Å². The van der Waals surface area contributed by atoms with E-state index in [0.717, 1.165) is 30.2 Å². The Labute approximate surface area is 89.7 Å². The molecule has 0 saturated heterocycles. The van der Waals surface area contributed by atoms with E-state index in [2.05, 4.69) is 15.7 Å². The van der Waals surface area contributed by atoms with Gasteiger partial charge in [0.05, 0.1) is 10.7 Å². The second-order valence-corrected chi connectivity index (χ2v) is 5.34. The Kier molecular flexibility index (Phi) is 4.04. The number of hydrogen-bond acceptors (Lipinski definition) is 4. The van der Waals surface area contributed by atoms with E-state index in [1.165, 1.54) is 0 Å².